The fraction of sp³-hybridized carbons (Fsp3) is 0.286. The molecule has 1 amide bonds. The predicted molar refractivity (Wildman–Crippen MR) is 122 cm³/mol. The van der Waals surface area contributed by atoms with E-state index in [0.29, 0.717) is 50.7 Å². The molecule has 1 aliphatic heterocycles. The van der Waals surface area contributed by atoms with Gasteiger partial charge in [0, 0.05) is 28.9 Å². The van der Waals surface area contributed by atoms with Gasteiger partial charge in [0.15, 0.2) is 22.5 Å². The van der Waals surface area contributed by atoms with Gasteiger partial charge in [-0.15, -0.1) is 10.2 Å². The normalized spacial score (nSPS) is 12.4. The van der Waals surface area contributed by atoms with E-state index in [1.807, 2.05) is 10.6 Å². The minimum atomic E-state index is -0.158. The summed E-state index contributed by atoms with van der Waals surface area (Å²) >= 11 is 13.7. The number of fused-ring (bicyclic) bond motifs is 1. The Hall–Kier alpha value is -2.42. The molecule has 0 unspecified atom stereocenters. The minimum absolute atomic E-state index is 0.158. The Bertz CT molecular complexity index is 1120. The molecular formula is C21H20Cl2N4O3S. The van der Waals surface area contributed by atoms with Gasteiger partial charge in [0.2, 0.25) is 12.7 Å². The van der Waals surface area contributed by atoms with E-state index < -0.39 is 0 Å². The van der Waals surface area contributed by atoms with Gasteiger partial charge in [-0.3, -0.25) is 4.79 Å². The lowest BCUT2D eigenvalue weighted by Gasteiger charge is -2.13. The van der Waals surface area contributed by atoms with Gasteiger partial charge < -0.3 is 19.4 Å². The maximum atomic E-state index is 12.5. The number of hydrogen-bond acceptors (Lipinski definition) is 6. The van der Waals surface area contributed by atoms with Crippen LogP contribution in [0.1, 0.15) is 13.8 Å². The highest BCUT2D eigenvalue weighted by Gasteiger charge is 2.19. The molecule has 1 aliphatic rings. The number of benzene rings is 2. The maximum absolute atomic E-state index is 12.5. The van der Waals surface area contributed by atoms with E-state index in [4.69, 9.17) is 32.7 Å². The summed E-state index contributed by atoms with van der Waals surface area (Å²) < 4.78 is 12.6. The molecule has 7 nitrogen and oxygen atoms in total. The van der Waals surface area contributed by atoms with Crippen LogP contribution in [0.3, 0.4) is 0 Å². The molecule has 31 heavy (non-hydrogen) atoms. The van der Waals surface area contributed by atoms with Gasteiger partial charge in [0.1, 0.15) is 0 Å². The molecule has 10 heteroatoms. The lowest BCUT2D eigenvalue weighted by atomic mass is 10.2. The van der Waals surface area contributed by atoms with Crippen LogP contribution in [0.25, 0.3) is 11.4 Å². The second kappa shape index (κ2) is 9.38. The first-order chi connectivity index (χ1) is 14.9. The van der Waals surface area contributed by atoms with E-state index in [1.165, 1.54) is 11.8 Å². The minimum Gasteiger partial charge on any atom is -0.454 e. The first kappa shape index (κ1) is 21.8. The predicted octanol–water partition coefficient (Wildman–Crippen LogP) is 5.37. The van der Waals surface area contributed by atoms with Crippen LogP contribution in [0.4, 0.5) is 5.69 Å². The fourth-order valence-corrected chi connectivity index (χ4v) is 4.34. The highest BCUT2D eigenvalue weighted by atomic mass is 35.5. The van der Waals surface area contributed by atoms with Crippen molar-refractivity contribution >= 4 is 46.6 Å². The summed E-state index contributed by atoms with van der Waals surface area (Å²) in [7, 11) is 0. The highest BCUT2D eigenvalue weighted by Crippen LogP contribution is 2.35. The molecule has 1 N–H and O–H groups in total. The van der Waals surface area contributed by atoms with Crippen LogP contribution in [0, 0.1) is 5.92 Å². The van der Waals surface area contributed by atoms with E-state index in [9.17, 15) is 4.79 Å². The largest absolute Gasteiger partial charge is 0.454 e. The molecule has 1 aromatic heterocycles. The van der Waals surface area contributed by atoms with Crippen LogP contribution in [-0.4, -0.2) is 33.2 Å². The van der Waals surface area contributed by atoms with E-state index in [1.54, 1.807) is 30.3 Å². The molecular weight excluding hydrogens is 459 g/mol. The smallest absolute Gasteiger partial charge is 0.234 e. The quantitative estimate of drug-likeness (QED) is 0.460. The van der Waals surface area contributed by atoms with E-state index in [0.717, 1.165) is 5.56 Å². The topological polar surface area (TPSA) is 78.3 Å². The van der Waals surface area contributed by atoms with Crippen LogP contribution < -0.4 is 14.8 Å². The molecule has 162 valence electrons. The molecule has 0 atom stereocenters. The average Bonchev–Trinajstić information content (AvgIpc) is 3.33. The first-order valence-electron chi connectivity index (χ1n) is 9.61. The van der Waals surface area contributed by atoms with Gasteiger partial charge in [-0.25, -0.2) is 0 Å². The molecule has 3 aromatic rings. The average molecular weight is 479 g/mol. The van der Waals surface area contributed by atoms with E-state index in [2.05, 4.69) is 29.4 Å². The third kappa shape index (κ3) is 5.08. The van der Waals surface area contributed by atoms with Crippen molar-refractivity contribution in [2.24, 2.45) is 5.92 Å². The van der Waals surface area contributed by atoms with Gasteiger partial charge in [0.25, 0.3) is 0 Å². The fourth-order valence-electron chi connectivity index (χ4n) is 3.10. The standard InChI is InChI=1S/C21H20Cl2N4O3S/c1-12(2)9-27-20(15-5-3-13(22)7-16(15)23)25-26-21(27)31-10-19(28)24-14-4-6-17-18(8-14)30-11-29-17/h3-8,12H,9-11H2,1-2H3,(H,24,28). The van der Waals surface area contributed by atoms with Crippen molar-refractivity contribution in [3.63, 3.8) is 0 Å². The lowest BCUT2D eigenvalue weighted by molar-refractivity contribution is -0.113. The molecule has 2 aromatic carbocycles. The lowest BCUT2D eigenvalue weighted by Crippen LogP contribution is -2.15. The molecule has 0 radical (unpaired) electrons. The number of nitrogens with zero attached hydrogens (tertiary/aromatic N) is 3. The second-order valence-corrected chi connectivity index (χ2v) is 9.13. The summed E-state index contributed by atoms with van der Waals surface area (Å²) in [5.74, 6) is 2.30. The van der Waals surface area contributed by atoms with Crippen molar-refractivity contribution in [2.75, 3.05) is 17.9 Å². The summed E-state index contributed by atoms with van der Waals surface area (Å²) in [5.41, 5.74) is 1.39. The van der Waals surface area contributed by atoms with Crippen molar-refractivity contribution < 1.29 is 14.3 Å². The summed E-state index contributed by atoms with van der Waals surface area (Å²) in [6.07, 6.45) is 0. The zero-order valence-corrected chi connectivity index (χ0v) is 19.2. The Labute approximate surface area is 194 Å². The zero-order chi connectivity index (χ0) is 22.0. The Balaban J connectivity index is 1.48. The number of rotatable bonds is 7. The van der Waals surface area contributed by atoms with Gasteiger partial charge in [-0.2, -0.15) is 0 Å². The number of halogens is 2. The molecule has 0 spiro atoms. The third-order valence-corrected chi connectivity index (χ3v) is 5.94. The molecule has 0 saturated carbocycles. The van der Waals surface area contributed by atoms with Crippen molar-refractivity contribution in [1.82, 2.24) is 14.8 Å². The first-order valence-corrected chi connectivity index (χ1v) is 11.4. The SMILES string of the molecule is CC(C)Cn1c(SCC(=O)Nc2ccc3c(c2)OCO3)nnc1-c1ccc(Cl)cc1Cl. The van der Waals surface area contributed by atoms with Gasteiger partial charge >= 0.3 is 0 Å². The van der Waals surface area contributed by atoms with Crippen molar-refractivity contribution in [1.29, 1.82) is 0 Å². The molecule has 0 bridgehead atoms. The number of thioether (sulfide) groups is 1. The van der Waals surface area contributed by atoms with Crippen molar-refractivity contribution in [3.8, 4) is 22.9 Å². The van der Waals surface area contributed by atoms with Crippen LogP contribution in [-0.2, 0) is 11.3 Å². The third-order valence-electron chi connectivity index (χ3n) is 4.43. The zero-order valence-electron chi connectivity index (χ0n) is 16.9. The number of anilines is 1. The molecule has 0 fully saturated rings. The van der Waals surface area contributed by atoms with Crippen LogP contribution >= 0.6 is 35.0 Å². The monoisotopic (exact) mass is 478 g/mol. The number of nitrogens with one attached hydrogen (secondary N) is 1. The number of carbonyl (C=O) groups excluding carboxylic acids is 1. The Morgan fingerprint density at radius 2 is 1.97 bits per heavy atom. The highest BCUT2D eigenvalue weighted by molar-refractivity contribution is 7.99. The molecule has 0 aliphatic carbocycles. The summed E-state index contributed by atoms with van der Waals surface area (Å²) in [4.78, 5) is 12.5. The van der Waals surface area contributed by atoms with E-state index in [-0.39, 0.29) is 18.5 Å². The molecule has 2 heterocycles. The number of aromatic nitrogens is 3. The number of ether oxygens (including phenoxy) is 2. The van der Waals surface area contributed by atoms with E-state index >= 15 is 0 Å². The van der Waals surface area contributed by atoms with Gasteiger partial charge in [-0.05, 0) is 36.2 Å². The summed E-state index contributed by atoms with van der Waals surface area (Å²) in [6, 6.07) is 10.6. The number of amides is 1. The van der Waals surface area contributed by atoms with Crippen molar-refractivity contribution in [3.05, 3.63) is 46.4 Å². The van der Waals surface area contributed by atoms with Crippen LogP contribution in [0.2, 0.25) is 10.0 Å². The van der Waals surface area contributed by atoms with Gasteiger partial charge in [0.05, 0.1) is 10.8 Å². The maximum Gasteiger partial charge on any atom is 0.234 e. The van der Waals surface area contributed by atoms with Gasteiger partial charge in [-0.1, -0.05) is 48.8 Å². The number of carbonyl (C=O) groups is 1. The second-order valence-electron chi connectivity index (χ2n) is 7.34. The number of hydrogen-bond donors (Lipinski definition) is 1. The van der Waals surface area contributed by atoms with Crippen LogP contribution in [0.15, 0.2) is 41.6 Å². The van der Waals surface area contributed by atoms with Crippen LogP contribution in [0.5, 0.6) is 11.5 Å². The Morgan fingerprint density at radius 1 is 1.16 bits per heavy atom. The summed E-state index contributed by atoms with van der Waals surface area (Å²) in [6.45, 7) is 5.09. The Morgan fingerprint density at radius 3 is 2.74 bits per heavy atom. The molecule has 4 rings (SSSR count). The summed E-state index contributed by atoms with van der Waals surface area (Å²) in [5, 5.41) is 13.2. The Kier molecular flexibility index (Phi) is 6.60. The molecule has 0 saturated heterocycles. The van der Waals surface area contributed by atoms with Crippen molar-refractivity contribution in [2.45, 2.75) is 25.5 Å².